The van der Waals surface area contributed by atoms with E-state index in [9.17, 15) is 19.2 Å². The van der Waals surface area contributed by atoms with Crippen LogP contribution in [0.1, 0.15) is 70.2 Å². The number of aromatic nitrogens is 6. The molecular formula is C37H37F3N10O4S. The Bertz CT molecular complexity index is 2500. The monoisotopic (exact) mass is 774 g/mol. The van der Waals surface area contributed by atoms with Crippen LogP contribution in [0.2, 0.25) is 0 Å². The maximum Gasteiger partial charge on any atom is 0.413 e. The van der Waals surface area contributed by atoms with Gasteiger partial charge in [-0.05, 0) is 65.1 Å². The molecule has 0 unspecified atom stereocenters. The number of thiazole rings is 1. The van der Waals surface area contributed by atoms with E-state index in [1.807, 2.05) is 0 Å². The predicted octanol–water partition coefficient (Wildman–Crippen LogP) is 6.07. The molecule has 2 saturated heterocycles. The maximum absolute atomic E-state index is 17.6. The second kappa shape index (κ2) is 12.9. The summed E-state index contributed by atoms with van der Waals surface area (Å²) in [4.78, 5) is 45.1. The van der Waals surface area contributed by atoms with Crippen molar-refractivity contribution < 1.29 is 27.4 Å². The number of amides is 1. The van der Waals surface area contributed by atoms with E-state index in [0.717, 1.165) is 30.7 Å². The first-order valence-electron chi connectivity index (χ1n) is 18.3. The lowest BCUT2D eigenvalue weighted by Crippen LogP contribution is -2.43. The number of anilines is 2. The van der Waals surface area contributed by atoms with Gasteiger partial charge in [0.25, 0.3) is 5.56 Å². The van der Waals surface area contributed by atoms with Crippen LogP contribution in [0.25, 0.3) is 32.4 Å². The molecule has 4 aromatic heterocycles. The van der Waals surface area contributed by atoms with E-state index in [1.54, 1.807) is 30.4 Å². The van der Waals surface area contributed by atoms with Crippen molar-refractivity contribution in [2.45, 2.75) is 89.3 Å². The molecule has 55 heavy (non-hydrogen) atoms. The number of halogens is 3. The van der Waals surface area contributed by atoms with Gasteiger partial charge in [0.1, 0.15) is 47.0 Å². The highest BCUT2D eigenvalue weighted by atomic mass is 32.1. The average Bonchev–Trinajstić information content (AvgIpc) is 3.41. The second-order valence-corrected chi connectivity index (χ2v) is 16.7. The fourth-order valence-electron chi connectivity index (χ4n) is 8.23. The highest BCUT2D eigenvalue weighted by Crippen LogP contribution is 2.44. The van der Waals surface area contributed by atoms with E-state index in [2.05, 4.69) is 31.4 Å². The summed E-state index contributed by atoms with van der Waals surface area (Å²) in [5.74, 6) is -1.36. The number of pyridine rings is 1. The van der Waals surface area contributed by atoms with E-state index in [4.69, 9.17) is 14.5 Å². The van der Waals surface area contributed by atoms with E-state index >= 15 is 8.78 Å². The van der Waals surface area contributed by atoms with Crippen molar-refractivity contribution in [1.82, 2.24) is 34.2 Å². The summed E-state index contributed by atoms with van der Waals surface area (Å²) in [5.41, 5.74) is -1.16. The lowest BCUT2D eigenvalue weighted by molar-refractivity contribution is 0.0636. The van der Waals surface area contributed by atoms with Crippen LogP contribution in [0.4, 0.5) is 28.9 Å². The summed E-state index contributed by atoms with van der Waals surface area (Å²) in [6, 6.07) is 4.16. The van der Waals surface area contributed by atoms with Crippen molar-refractivity contribution in [3.63, 3.8) is 0 Å². The molecule has 4 aliphatic rings. The van der Waals surface area contributed by atoms with Gasteiger partial charge in [0.05, 0.1) is 52.0 Å². The third-order valence-corrected chi connectivity index (χ3v) is 11.7. The molecule has 2 atom stereocenters. The second-order valence-electron chi connectivity index (χ2n) is 15.7. The summed E-state index contributed by atoms with van der Waals surface area (Å²) < 4.78 is 62.4. The third-order valence-electron chi connectivity index (χ3n) is 10.8. The molecule has 286 valence electrons. The van der Waals surface area contributed by atoms with Crippen LogP contribution in [-0.4, -0.2) is 83.8 Å². The SMILES string of the molecule is CC(C)(C)OC(=O)Nc1nc2c(-c3c(F)c4nc(OC[C@@]56CCCN5C[C@H](F)C6)nc(N5CCn6ncc(C#N)c6C5)c4c(=O)n3C3CC3)ccc(F)c2s1. The molecule has 7 heterocycles. The lowest BCUT2D eigenvalue weighted by Gasteiger charge is -2.32. The molecule has 0 bridgehead atoms. The van der Waals surface area contributed by atoms with Gasteiger partial charge in [-0.3, -0.25) is 19.7 Å². The normalized spacial score (nSPS) is 21.2. The molecule has 0 spiro atoms. The fraction of sp³-hybridized carbons (Fsp3) is 0.486. The van der Waals surface area contributed by atoms with Gasteiger partial charge >= 0.3 is 12.1 Å². The predicted molar refractivity (Wildman–Crippen MR) is 197 cm³/mol. The molecule has 9 rings (SSSR count). The number of hydrogen-bond donors (Lipinski definition) is 1. The number of alkyl halides is 1. The number of carbonyl (C=O) groups excluding carboxylic acids is 1. The first kappa shape index (κ1) is 35.4. The Labute approximate surface area is 316 Å². The molecule has 3 aliphatic heterocycles. The maximum atomic E-state index is 17.6. The number of hydrogen-bond acceptors (Lipinski definition) is 12. The van der Waals surface area contributed by atoms with Crippen molar-refractivity contribution in [3.8, 4) is 23.3 Å². The number of ether oxygens (including phenoxy) is 2. The molecule has 5 aromatic rings. The topological polar surface area (TPSA) is 156 Å². The fourth-order valence-corrected chi connectivity index (χ4v) is 9.11. The number of rotatable bonds is 7. The van der Waals surface area contributed by atoms with Crippen LogP contribution >= 0.6 is 11.3 Å². The standard InChI is InChI=1S/C37H37F3N10O4S/c1-36(2,3)54-35(52)46-34-44-27-22(7-8-23(39)30(27)55-34)29-26(40)28-25(32(51)50(29)21-5-6-21)31(47-11-12-49-24(17-47)19(14-41)15-42-49)45-33(43-28)53-18-37-9-4-10-48(37)16-20(38)13-37/h7-8,15,20-21H,4-6,9-13,16-18H2,1-3H3,(H,44,46,52)/t20-,37+/m1/s1. The first-order chi connectivity index (χ1) is 26.3. The minimum atomic E-state index is -0.997. The van der Waals surface area contributed by atoms with Crippen molar-refractivity contribution >= 4 is 49.5 Å². The Morgan fingerprint density at radius 2 is 1.96 bits per heavy atom. The van der Waals surface area contributed by atoms with Gasteiger partial charge in [-0.15, -0.1) is 0 Å². The molecule has 1 aliphatic carbocycles. The third kappa shape index (κ3) is 6.13. The Kier molecular flexibility index (Phi) is 8.31. The lowest BCUT2D eigenvalue weighted by atomic mass is 9.95. The van der Waals surface area contributed by atoms with Gasteiger partial charge in [0, 0.05) is 31.1 Å². The zero-order chi connectivity index (χ0) is 38.4. The number of benzene rings is 1. The largest absolute Gasteiger partial charge is 0.461 e. The summed E-state index contributed by atoms with van der Waals surface area (Å²) in [6.07, 6.45) is 2.81. The summed E-state index contributed by atoms with van der Waals surface area (Å²) in [6.45, 7) is 7.11. The summed E-state index contributed by atoms with van der Waals surface area (Å²) >= 11 is 0.857. The Morgan fingerprint density at radius 1 is 1.15 bits per heavy atom. The molecule has 1 amide bonds. The number of fused-ring (bicyclic) bond motifs is 4. The van der Waals surface area contributed by atoms with E-state index in [-0.39, 0.29) is 68.5 Å². The van der Waals surface area contributed by atoms with E-state index < -0.39 is 40.6 Å². The molecule has 14 nitrogen and oxygen atoms in total. The number of nitrogens with zero attached hydrogens (tertiary/aromatic N) is 9. The Morgan fingerprint density at radius 3 is 2.73 bits per heavy atom. The average molecular weight is 775 g/mol. The van der Waals surface area contributed by atoms with Crippen LogP contribution in [0.5, 0.6) is 6.01 Å². The van der Waals surface area contributed by atoms with Gasteiger partial charge in [0.15, 0.2) is 10.9 Å². The Balaban J connectivity index is 1.21. The molecule has 3 fully saturated rings. The van der Waals surface area contributed by atoms with Crippen LogP contribution < -0.4 is 20.5 Å². The van der Waals surface area contributed by atoms with Crippen molar-refractivity contribution in [2.75, 3.05) is 36.5 Å². The van der Waals surface area contributed by atoms with Gasteiger partial charge in [-0.1, -0.05) is 11.3 Å². The first-order valence-corrected chi connectivity index (χ1v) is 19.1. The van der Waals surface area contributed by atoms with Gasteiger partial charge in [-0.25, -0.2) is 22.9 Å². The van der Waals surface area contributed by atoms with Crippen molar-refractivity contribution in [2.24, 2.45) is 0 Å². The van der Waals surface area contributed by atoms with Crippen LogP contribution in [0.15, 0.2) is 23.1 Å². The van der Waals surface area contributed by atoms with Crippen LogP contribution in [-0.2, 0) is 17.8 Å². The molecule has 1 aromatic carbocycles. The highest BCUT2D eigenvalue weighted by molar-refractivity contribution is 7.22. The van der Waals surface area contributed by atoms with E-state index in [0.29, 0.717) is 50.2 Å². The molecule has 0 radical (unpaired) electrons. The minimum Gasteiger partial charge on any atom is -0.461 e. The summed E-state index contributed by atoms with van der Waals surface area (Å²) in [7, 11) is 0. The molecule has 1 saturated carbocycles. The Hall–Kier alpha value is -5.28. The molecule has 1 N–H and O–H groups in total. The zero-order valence-corrected chi connectivity index (χ0v) is 31.2. The van der Waals surface area contributed by atoms with Gasteiger partial charge in [-0.2, -0.15) is 20.3 Å². The van der Waals surface area contributed by atoms with E-state index in [1.165, 1.54) is 22.9 Å². The smallest absolute Gasteiger partial charge is 0.413 e. The quantitative estimate of drug-likeness (QED) is 0.205. The van der Waals surface area contributed by atoms with Crippen molar-refractivity contribution in [3.05, 3.63) is 51.6 Å². The number of nitrogens with one attached hydrogen (secondary N) is 1. The summed E-state index contributed by atoms with van der Waals surface area (Å²) in [5, 5.41) is 16.6. The van der Waals surface area contributed by atoms with Crippen LogP contribution in [0.3, 0.4) is 0 Å². The minimum absolute atomic E-state index is 0.0289. The highest BCUT2D eigenvalue weighted by Gasteiger charge is 2.49. The van der Waals surface area contributed by atoms with Crippen LogP contribution in [0, 0.1) is 23.0 Å². The molecule has 18 heteroatoms. The van der Waals surface area contributed by atoms with Gasteiger partial charge in [0.2, 0.25) is 0 Å². The number of carbonyl (C=O) groups is 1. The number of nitriles is 1. The zero-order valence-electron chi connectivity index (χ0n) is 30.4. The molecular weight excluding hydrogens is 738 g/mol. The van der Waals surface area contributed by atoms with Crippen molar-refractivity contribution in [1.29, 1.82) is 5.26 Å². The van der Waals surface area contributed by atoms with Gasteiger partial charge < -0.3 is 18.9 Å².